The van der Waals surface area contributed by atoms with Gasteiger partial charge in [0, 0.05) is 36.6 Å². The number of hydrogen-bond donors (Lipinski definition) is 0. The number of amides is 1. The first-order valence-corrected chi connectivity index (χ1v) is 9.73. The van der Waals surface area contributed by atoms with Crippen molar-refractivity contribution in [3.05, 3.63) is 40.4 Å². The van der Waals surface area contributed by atoms with Gasteiger partial charge in [-0.05, 0) is 19.4 Å². The minimum Gasteiger partial charge on any atom is -0.371 e. The van der Waals surface area contributed by atoms with Crippen LogP contribution >= 0.6 is 23.1 Å². The lowest BCUT2D eigenvalue weighted by Crippen LogP contribution is -2.61. The molecule has 2 aliphatic heterocycles. The number of likely N-dealkylation sites (tertiary alicyclic amines) is 1. The van der Waals surface area contributed by atoms with Crippen molar-refractivity contribution in [3.8, 4) is 0 Å². The third-order valence-corrected chi connectivity index (χ3v) is 6.71. The molecule has 24 heavy (non-hydrogen) atoms. The van der Waals surface area contributed by atoms with Gasteiger partial charge in [-0.3, -0.25) is 4.79 Å². The Kier molecular flexibility index (Phi) is 4.28. The van der Waals surface area contributed by atoms with Crippen molar-refractivity contribution in [2.75, 3.05) is 18.8 Å². The van der Waals surface area contributed by atoms with Gasteiger partial charge in [0.1, 0.15) is 0 Å². The molecule has 8 heteroatoms. The minimum atomic E-state index is -0.0795. The number of nitrogens with zero attached hydrogens (tertiary/aromatic N) is 4. The summed E-state index contributed by atoms with van der Waals surface area (Å²) in [4.78, 5) is 26.6. The van der Waals surface area contributed by atoms with Crippen molar-refractivity contribution in [1.82, 2.24) is 19.9 Å². The zero-order valence-electron chi connectivity index (χ0n) is 13.3. The molecule has 2 fully saturated rings. The number of rotatable bonds is 4. The molecule has 0 radical (unpaired) electrons. The number of ether oxygens (including phenoxy) is 1. The SMILES string of the molecule is Cc1nc(CO[C@@H]2CSC3(C2)CN(C(=O)c2ncccn2)C3)cs1. The molecular formula is C16H18N4O2S2. The highest BCUT2D eigenvalue weighted by atomic mass is 32.2. The Hall–Kier alpha value is -1.51. The maximum absolute atomic E-state index is 12.3. The van der Waals surface area contributed by atoms with Gasteiger partial charge in [-0.15, -0.1) is 23.1 Å². The Bertz CT molecular complexity index is 731. The van der Waals surface area contributed by atoms with Crippen LogP contribution in [-0.2, 0) is 11.3 Å². The van der Waals surface area contributed by atoms with Crippen LogP contribution in [0, 0.1) is 6.92 Å². The lowest BCUT2D eigenvalue weighted by Gasteiger charge is -2.47. The second-order valence-corrected chi connectivity index (χ2v) is 8.77. The number of hydrogen-bond acceptors (Lipinski definition) is 7. The van der Waals surface area contributed by atoms with E-state index < -0.39 is 0 Å². The number of thiazole rings is 1. The maximum atomic E-state index is 12.3. The van der Waals surface area contributed by atoms with E-state index in [1.54, 1.807) is 29.8 Å². The zero-order chi connectivity index (χ0) is 16.6. The van der Waals surface area contributed by atoms with Gasteiger partial charge >= 0.3 is 0 Å². The van der Waals surface area contributed by atoms with Crippen LogP contribution in [0.5, 0.6) is 0 Å². The number of aryl methyl sites for hydroxylation is 1. The fraction of sp³-hybridized carbons (Fsp3) is 0.500. The largest absolute Gasteiger partial charge is 0.371 e. The Morgan fingerprint density at radius 1 is 1.42 bits per heavy atom. The lowest BCUT2D eigenvalue weighted by molar-refractivity contribution is 0.0242. The summed E-state index contributed by atoms with van der Waals surface area (Å²) in [5.74, 6) is 1.18. The summed E-state index contributed by atoms with van der Waals surface area (Å²) in [5, 5.41) is 3.12. The molecule has 2 aliphatic rings. The van der Waals surface area contributed by atoms with Crippen molar-refractivity contribution in [1.29, 1.82) is 0 Å². The summed E-state index contributed by atoms with van der Waals surface area (Å²) in [6.07, 6.45) is 4.43. The first-order chi connectivity index (χ1) is 11.6. The van der Waals surface area contributed by atoms with Crippen LogP contribution in [0.2, 0.25) is 0 Å². The maximum Gasteiger partial charge on any atom is 0.291 e. The van der Waals surface area contributed by atoms with E-state index in [1.165, 1.54) is 0 Å². The molecular weight excluding hydrogens is 344 g/mol. The number of aromatic nitrogens is 3. The van der Waals surface area contributed by atoms with Crippen LogP contribution in [0.15, 0.2) is 23.8 Å². The van der Waals surface area contributed by atoms with E-state index in [-0.39, 0.29) is 22.6 Å². The van der Waals surface area contributed by atoms with Crippen LogP contribution in [0.25, 0.3) is 0 Å². The summed E-state index contributed by atoms with van der Waals surface area (Å²) >= 11 is 3.57. The monoisotopic (exact) mass is 362 g/mol. The van der Waals surface area contributed by atoms with Gasteiger partial charge in [0.05, 0.1) is 28.2 Å². The second kappa shape index (κ2) is 6.42. The van der Waals surface area contributed by atoms with Crippen molar-refractivity contribution in [2.24, 2.45) is 0 Å². The summed E-state index contributed by atoms with van der Waals surface area (Å²) in [6, 6.07) is 1.72. The van der Waals surface area contributed by atoms with Gasteiger partial charge in [0.15, 0.2) is 0 Å². The van der Waals surface area contributed by atoms with E-state index in [0.29, 0.717) is 6.61 Å². The quantitative estimate of drug-likeness (QED) is 0.830. The number of thioether (sulfide) groups is 1. The molecule has 2 aromatic heterocycles. The molecule has 0 saturated carbocycles. The van der Waals surface area contributed by atoms with Crippen LogP contribution in [-0.4, -0.2) is 55.5 Å². The molecule has 0 N–H and O–H groups in total. The van der Waals surface area contributed by atoms with Gasteiger partial charge in [0.25, 0.3) is 5.91 Å². The topological polar surface area (TPSA) is 68.2 Å². The molecule has 4 heterocycles. The van der Waals surface area contributed by atoms with Gasteiger partial charge in [-0.25, -0.2) is 15.0 Å². The average molecular weight is 362 g/mol. The van der Waals surface area contributed by atoms with Crippen molar-refractivity contribution < 1.29 is 9.53 Å². The molecule has 2 saturated heterocycles. The van der Waals surface area contributed by atoms with Crippen molar-refractivity contribution in [2.45, 2.75) is 30.8 Å². The Balaban J connectivity index is 1.28. The van der Waals surface area contributed by atoms with E-state index in [2.05, 4.69) is 20.3 Å². The Morgan fingerprint density at radius 3 is 2.92 bits per heavy atom. The zero-order valence-corrected chi connectivity index (χ0v) is 15.0. The van der Waals surface area contributed by atoms with E-state index in [9.17, 15) is 4.79 Å². The molecule has 1 amide bonds. The summed E-state index contributed by atoms with van der Waals surface area (Å²) in [5.41, 5.74) is 1.01. The highest BCUT2D eigenvalue weighted by Gasteiger charge is 2.51. The molecule has 0 bridgehead atoms. The molecule has 0 aliphatic carbocycles. The highest BCUT2D eigenvalue weighted by molar-refractivity contribution is 8.01. The fourth-order valence-corrected chi connectivity index (χ4v) is 5.30. The third-order valence-electron chi connectivity index (χ3n) is 4.31. The smallest absolute Gasteiger partial charge is 0.291 e. The fourth-order valence-electron chi connectivity index (χ4n) is 3.15. The summed E-state index contributed by atoms with van der Waals surface area (Å²) in [6.45, 7) is 4.09. The first kappa shape index (κ1) is 16.0. The minimum absolute atomic E-state index is 0.0795. The Morgan fingerprint density at radius 2 is 2.21 bits per heavy atom. The third kappa shape index (κ3) is 3.18. The summed E-state index contributed by atoms with van der Waals surface area (Å²) in [7, 11) is 0. The standard InChI is InChI=1S/C16H18N4O2S2/c1-11-19-12(7-23-11)6-22-13-5-16(24-8-13)9-20(10-16)15(21)14-17-3-2-4-18-14/h2-4,7,13H,5-6,8-10H2,1H3/t13-/m0/s1. The van der Waals surface area contributed by atoms with Crippen molar-refractivity contribution in [3.63, 3.8) is 0 Å². The van der Waals surface area contributed by atoms with Gasteiger partial charge in [-0.1, -0.05) is 0 Å². The van der Waals surface area contributed by atoms with Gasteiger partial charge < -0.3 is 9.64 Å². The average Bonchev–Trinajstić information content (AvgIpc) is 3.18. The van der Waals surface area contributed by atoms with Crippen LogP contribution in [0.4, 0.5) is 0 Å². The van der Waals surface area contributed by atoms with E-state index in [0.717, 1.165) is 36.0 Å². The molecule has 0 unspecified atom stereocenters. The van der Waals surface area contributed by atoms with Gasteiger partial charge in [-0.2, -0.15) is 0 Å². The lowest BCUT2D eigenvalue weighted by atomic mass is 9.93. The number of carbonyl (C=O) groups excluding carboxylic acids is 1. The number of carbonyl (C=O) groups is 1. The molecule has 2 aromatic rings. The normalized spacial score (nSPS) is 21.9. The van der Waals surface area contributed by atoms with E-state index >= 15 is 0 Å². The highest BCUT2D eigenvalue weighted by Crippen LogP contribution is 2.46. The van der Waals surface area contributed by atoms with E-state index in [4.69, 9.17) is 4.74 Å². The van der Waals surface area contributed by atoms with Crippen LogP contribution < -0.4 is 0 Å². The molecule has 1 atom stereocenters. The molecule has 6 nitrogen and oxygen atoms in total. The summed E-state index contributed by atoms with van der Waals surface area (Å²) < 4.78 is 6.15. The predicted molar refractivity (Wildman–Crippen MR) is 93.2 cm³/mol. The van der Waals surface area contributed by atoms with Crippen LogP contribution in [0.3, 0.4) is 0 Å². The Labute approximate surface area is 148 Å². The first-order valence-electron chi connectivity index (χ1n) is 7.86. The molecule has 0 aromatic carbocycles. The van der Waals surface area contributed by atoms with E-state index in [1.807, 2.05) is 23.6 Å². The van der Waals surface area contributed by atoms with Crippen LogP contribution in [0.1, 0.15) is 27.7 Å². The molecule has 4 rings (SSSR count). The molecule has 1 spiro atoms. The van der Waals surface area contributed by atoms with Gasteiger partial charge in [0.2, 0.25) is 5.82 Å². The van der Waals surface area contributed by atoms with Crippen molar-refractivity contribution >= 4 is 29.0 Å². The second-order valence-electron chi connectivity index (χ2n) is 6.22. The molecule has 126 valence electrons. The predicted octanol–water partition coefficient (Wildman–Crippen LogP) is 2.16.